The van der Waals surface area contributed by atoms with E-state index in [9.17, 15) is 14.0 Å². The number of carbonyl (C=O) groups excluding carboxylic acids is 2. The normalized spacial score (nSPS) is 11.9. The number of esters is 1. The monoisotopic (exact) mass is 361 g/mol. The summed E-state index contributed by atoms with van der Waals surface area (Å²) in [5, 5.41) is 2.24. The molecule has 0 aliphatic carbocycles. The lowest BCUT2D eigenvalue weighted by molar-refractivity contribution is -0.142. The lowest BCUT2D eigenvalue weighted by atomic mass is 10.2. The third-order valence-electron chi connectivity index (χ3n) is 2.98. The van der Waals surface area contributed by atoms with E-state index < -0.39 is 11.1 Å². The molecule has 1 unspecified atom stereocenters. The first-order valence-electron chi connectivity index (χ1n) is 7.51. The van der Waals surface area contributed by atoms with Gasteiger partial charge in [0.05, 0.1) is 17.3 Å². The van der Waals surface area contributed by atoms with Crippen LogP contribution >= 0.6 is 23.4 Å². The van der Waals surface area contributed by atoms with Gasteiger partial charge in [-0.3, -0.25) is 9.59 Å². The SMILES string of the molecule is CCCCC(=O)Nc1cc(SC(C)C(=O)OCC)c(Cl)cc1F. The highest BCUT2D eigenvalue weighted by Gasteiger charge is 2.19. The summed E-state index contributed by atoms with van der Waals surface area (Å²) in [6.07, 6.45) is 1.96. The molecule has 0 spiro atoms. The number of anilines is 1. The molecule has 1 atom stereocenters. The summed E-state index contributed by atoms with van der Waals surface area (Å²) in [6.45, 7) is 5.67. The molecule has 1 rings (SSSR count). The van der Waals surface area contributed by atoms with Gasteiger partial charge in [0.15, 0.2) is 0 Å². The van der Waals surface area contributed by atoms with Crippen molar-refractivity contribution in [1.82, 2.24) is 0 Å². The molecule has 0 aromatic heterocycles. The Kier molecular flexibility index (Phi) is 8.41. The van der Waals surface area contributed by atoms with Gasteiger partial charge in [-0.25, -0.2) is 4.39 Å². The van der Waals surface area contributed by atoms with Crippen molar-refractivity contribution in [2.24, 2.45) is 0 Å². The minimum atomic E-state index is -0.604. The van der Waals surface area contributed by atoms with Crippen LogP contribution < -0.4 is 5.32 Å². The molecule has 0 heterocycles. The number of nitrogens with one attached hydrogen (secondary N) is 1. The van der Waals surface area contributed by atoms with Crippen molar-refractivity contribution in [3.05, 3.63) is 23.0 Å². The second-order valence-corrected chi connectivity index (χ2v) is 6.72. The Balaban J connectivity index is 2.86. The van der Waals surface area contributed by atoms with E-state index in [4.69, 9.17) is 16.3 Å². The van der Waals surface area contributed by atoms with Gasteiger partial charge in [-0.05, 0) is 32.4 Å². The van der Waals surface area contributed by atoms with E-state index in [0.29, 0.717) is 17.9 Å². The van der Waals surface area contributed by atoms with Crippen LogP contribution in [0.15, 0.2) is 17.0 Å². The van der Waals surface area contributed by atoms with Crippen LogP contribution in [0, 0.1) is 5.82 Å². The van der Waals surface area contributed by atoms with Crippen LogP contribution in [0.4, 0.5) is 10.1 Å². The van der Waals surface area contributed by atoms with E-state index in [1.54, 1.807) is 13.8 Å². The van der Waals surface area contributed by atoms with Gasteiger partial charge in [-0.2, -0.15) is 0 Å². The fourth-order valence-corrected chi connectivity index (χ4v) is 2.95. The quantitative estimate of drug-likeness (QED) is 0.540. The summed E-state index contributed by atoms with van der Waals surface area (Å²) in [5.74, 6) is -1.22. The van der Waals surface area contributed by atoms with Crippen LogP contribution in [0.5, 0.6) is 0 Å². The molecule has 0 saturated heterocycles. The molecule has 23 heavy (non-hydrogen) atoms. The summed E-state index contributed by atoms with van der Waals surface area (Å²) in [6, 6.07) is 2.58. The number of amides is 1. The first-order chi connectivity index (χ1) is 10.9. The van der Waals surface area contributed by atoms with Crippen molar-refractivity contribution in [3.8, 4) is 0 Å². The van der Waals surface area contributed by atoms with E-state index in [1.165, 1.54) is 6.07 Å². The van der Waals surface area contributed by atoms with Gasteiger partial charge < -0.3 is 10.1 Å². The van der Waals surface area contributed by atoms with Gasteiger partial charge in [0.1, 0.15) is 11.1 Å². The highest BCUT2D eigenvalue weighted by Crippen LogP contribution is 2.34. The van der Waals surface area contributed by atoms with E-state index in [-0.39, 0.29) is 22.6 Å². The molecule has 1 amide bonds. The van der Waals surface area contributed by atoms with Crippen LogP contribution in [0.2, 0.25) is 5.02 Å². The molecular weight excluding hydrogens is 341 g/mol. The summed E-state index contributed by atoms with van der Waals surface area (Å²) in [7, 11) is 0. The Hall–Kier alpha value is -1.27. The summed E-state index contributed by atoms with van der Waals surface area (Å²) in [4.78, 5) is 23.9. The molecular formula is C16H21ClFNO3S. The summed E-state index contributed by atoms with van der Waals surface area (Å²) < 4.78 is 18.9. The highest BCUT2D eigenvalue weighted by atomic mass is 35.5. The maximum Gasteiger partial charge on any atom is 0.319 e. The van der Waals surface area contributed by atoms with Crippen molar-refractivity contribution in [2.75, 3.05) is 11.9 Å². The van der Waals surface area contributed by atoms with Crippen LogP contribution in [-0.2, 0) is 14.3 Å². The van der Waals surface area contributed by atoms with E-state index in [0.717, 1.165) is 30.7 Å². The number of ether oxygens (including phenoxy) is 1. The Morgan fingerprint density at radius 3 is 2.70 bits per heavy atom. The smallest absolute Gasteiger partial charge is 0.319 e. The fourth-order valence-electron chi connectivity index (χ4n) is 1.76. The third-order valence-corrected chi connectivity index (χ3v) is 4.54. The van der Waals surface area contributed by atoms with Crippen LogP contribution in [0.25, 0.3) is 0 Å². The molecule has 0 fully saturated rings. The topological polar surface area (TPSA) is 55.4 Å². The van der Waals surface area contributed by atoms with Crippen molar-refractivity contribution in [2.45, 2.75) is 50.2 Å². The first kappa shape index (κ1) is 19.8. The minimum absolute atomic E-state index is 0.0639. The lowest BCUT2D eigenvalue weighted by Crippen LogP contribution is -2.17. The van der Waals surface area contributed by atoms with Gasteiger partial charge in [0.25, 0.3) is 0 Å². The van der Waals surface area contributed by atoms with Gasteiger partial charge >= 0.3 is 5.97 Å². The second kappa shape index (κ2) is 9.78. The van der Waals surface area contributed by atoms with Crippen LogP contribution in [0.1, 0.15) is 40.0 Å². The lowest BCUT2D eigenvalue weighted by Gasteiger charge is -2.13. The number of carbonyl (C=O) groups is 2. The van der Waals surface area contributed by atoms with Crippen LogP contribution in [-0.4, -0.2) is 23.7 Å². The average Bonchev–Trinajstić information content (AvgIpc) is 2.50. The van der Waals surface area contributed by atoms with E-state index in [1.807, 2.05) is 6.92 Å². The largest absolute Gasteiger partial charge is 0.465 e. The van der Waals surface area contributed by atoms with Gasteiger partial charge in [-0.15, -0.1) is 11.8 Å². The van der Waals surface area contributed by atoms with Crippen molar-refractivity contribution in [1.29, 1.82) is 0 Å². The molecule has 128 valence electrons. The zero-order chi connectivity index (χ0) is 17.4. The molecule has 7 heteroatoms. The third kappa shape index (κ3) is 6.39. The molecule has 4 nitrogen and oxygen atoms in total. The number of unbranched alkanes of at least 4 members (excludes halogenated alkanes) is 1. The molecule has 1 aromatic rings. The Morgan fingerprint density at radius 2 is 2.09 bits per heavy atom. The number of rotatable bonds is 8. The van der Waals surface area contributed by atoms with Gasteiger partial charge in [-0.1, -0.05) is 24.9 Å². The standard InChI is InChI=1S/C16H21ClFNO3S/c1-4-6-7-15(20)19-13-9-14(11(17)8-12(13)18)23-10(3)16(21)22-5-2/h8-10H,4-7H2,1-3H3,(H,19,20). The summed E-state index contributed by atoms with van der Waals surface area (Å²) in [5.41, 5.74) is 0.0639. The summed E-state index contributed by atoms with van der Waals surface area (Å²) >= 11 is 7.18. The molecule has 1 aromatic carbocycles. The van der Waals surface area contributed by atoms with E-state index >= 15 is 0 Å². The van der Waals surface area contributed by atoms with Crippen molar-refractivity contribution < 1.29 is 18.7 Å². The number of benzene rings is 1. The minimum Gasteiger partial charge on any atom is -0.465 e. The molecule has 0 saturated carbocycles. The van der Waals surface area contributed by atoms with Crippen LogP contribution in [0.3, 0.4) is 0 Å². The fraction of sp³-hybridized carbons (Fsp3) is 0.500. The molecule has 0 aliphatic rings. The molecule has 0 radical (unpaired) electrons. The number of halogens is 2. The maximum absolute atomic E-state index is 13.9. The van der Waals surface area contributed by atoms with Crippen molar-refractivity contribution >= 4 is 40.9 Å². The molecule has 0 aliphatic heterocycles. The Morgan fingerprint density at radius 1 is 1.39 bits per heavy atom. The average molecular weight is 362 g/mol. The molecule has 0 bridgehead atoms. The maximum atomic E-state index is 13.9. The second-order valence-electron chi connectivity index (χ2n) is 4.93. The predicted octanol–water partition coefficient (Wildman–Crippen LogP) is 4.65. The number of hydrogen-bond donors (Lipinski definition) is 1. The van der Waals surface area contributed by atoms with Gasteiger partial charge in [0, 0.05) is 11.3 Å². The molecule has 1 N–H and O–H groups in total. The Bertz CT molecular complexity index is 569. The highest BCUT2D eigenvalue weighted by molar-refractivity contribution is 8.00. The zero-order valence-corrected chi connectivity index (χ0v) is 15.0. The van der Waals surface area contributed by atoms with E-state index in [2.05, 4.69) is 5.32 Å². The number of thioether (sulfide) groups is 1. The first-order valence-corrected chi connectivity index (χ1v) is 8.76. The Labute approximate surface area is 145 Å². The number of hydrogen-bond acceptors (Lipinski definition) is 4. The van der Waals surface area contributed by atoms with Crippen molar-refractivity contribution in [3.63, 3.8) is 0 Å². The zero-order valence-electron chi connectivity index (χ0n) is 13.4. The van der Waals surface area contributed by atoms with Gasteiger partial charge in [0.2, 0.25) is 5.91 Å². The predicted molar refractivity (Wildman–Crippen MR) is 91.5 cm³/mol.